The molecule has 2 saturated heterocycles. The number of alkyl halides is 1. The number of rotatable bonds is 7. The maximum Gasteiger partial charge on any atom is 0.333 e. The van der Waals surface area contributed by atoms with Crippen LogP contribution in [0.1, 0.15) is 17.9 Å². The highest BCUT2D eigenvalue weighted by molar-refractivity contribution is 14.1. The summed E-state index contributed by atoms with van der Waals surface area (Å²) in [6.07, 6.45) is -2.33. The van der Waals surface area contributed by atoms with E-state index in [1.54, 1.807) is 0 Å². The Kier molecular flexibility index (Phi) is 8.09. The van der Waals surface area contributed by atoms with Gasteiger partial charge >= 0.3 is 5.69 Å². The van der Waals surface area contributed by atoms with Crippen LogP contribution in [0, 0.1) is 3.57 Å². The fourth-order valence-corrected chi connectivity index (χ4v) is 5.34. The van der Waals surface area contributed by atoms with E-state index in [0.717, 1.165) is 16.2 Å². The predicted octanol–water partition coefficient (Wildman–Crippen LogP) is 3.32. The van der Waals surface area contributed by atoms with Crippen molar-refractivity contribution >= 4 is 30.7 Å². The molecule has 5 unspecified atom stereocenters. The highest BCUT2D eigenvalue weighted by Crippen LogP contribution is 2.36. The van der Waals surface area contributed by atoms with E-state index in [0.29, 0.717) is 10.2 Å². The summed E-state index contributed by atoms with van der Waals surface area (Å²) in [5.74, 6) is 0. The lowest BCUT2D eigenvalue weighted by Gasteiger charge is -2.44. The molecule has 0 N–H and O–H groups in total. The Bertz CT molecular complexity index is 1110. The van der Waals surface area contributed by atoms with E-state index in [1.807, 2.05) is 52.9 Å². The van der Waals surface area contributed by atoms with Gasteiger partial charge in [0.15, 0.2) is 12.5 Å². The van der Waals surface area contributed by atoms with Crippen LogP contribution in [0.4, 0.5) is 4.39 Å². The quantitative estimate of drug-likeness (QED) is 0.274. The molecular weight excluding hydrogens is 574 g/mol. The lowest BCUT2D eigenvalue weighted by molar-refractivity contribution is -0.298. The maximum absolute atomic E-state index is 15.8. The highest BCUT2D eigenvalue weighted by atomic mass is 127. The molecule has 0 spiro atoms. The summed E-state index contributed by atoms with van der Waals surface area (Å²) < 4.78 is 41.5. The average molecular weight is 604 g/mol. The van der Waals surface area contributed by atoms with Crippen LogP contribution in [0.3, 0.4) is 0 Å². The van der Waals surface area contributed by atoms with Crippen molar-refractivity contribution in [2.24, 2.45) is 0 Å². The van der Waals surface area contributed by atoms with Crippen molar-refractivity contribution in [2.75, 3.05) is 19.8 Å². The number of hydrogen-bond donors (Lipinski definition) is 0. The van der Waals surface area contributed by atoms with Crippen molar-refractivity contribution in [3.05, 3.63) is 66.5 Å². The molecule has 2 aliphatic rings. The Balaban J connectivity index is 1.54. The van der Waals surface area contributed by atoms with Gasteiger partial charge in [0.2, 0.25) is 0 Å². The molecule has 5 atom stereocenters. The van der Waals surface area contributed by atoms with Crippen LogP contribution >= 0.6 is 22.6 Å². The maximum atomic E-state index is 15.8. The summed E-state index contributed by atoms with van der Waals surface area (Å²) in [4.78, 5) is 25.8. The van der Waals surface area contributed by atoms with E-state index < -0.39 is 50.0 Å². The zero-order valence-corrected chi connectivity index (χ0v) is 22.6. The fourth-order valence-electron chi connectivity index (χ4n) is 3.99. The number of fused-ring (bicyclic) bond motifs is 1. The zero-order valence-electron chi connectivity index (χ0n) is 19.5. The molecule has 2 aliphatic heterocycles. The molecule has 0 saturated carbocycles. The fraction of sp³-hybridized carbons (Fsp3) is 0.565. The van der Waals surface area contributed by atoms with Gasteiger partial charge in [0.25, 0.3) is 5.56 Å². The summed E-state index contributed by atoms with van der Waals surface area (Å²) in [6, 6.07) is 9.27. The number of benzene rings is 1. The summed E-state index contributed by atoms with van der Waals surface area (Å²) in [5, 5.41) is 0. The van der Waals surface area contributed by atoms with Crippen molar-refractivity contribution in [3.63, 3.8) is 0 Å². The van der Waals surface area contributed by atoms with Gasteiger partial charge in [-0.15, -0.1) is 0 Å². The summed E-state index contributed by atoms with van der Waals surface area (Å²) in [7, 11) is -1.31. The second-order valence-corrected chi connectivity index (χ2v) is 16.6. The van der Waals surface area contributed by atoms with E-state index in [-0.39, 0.29) is 19.9 Å². The van der Waals surface area contributed by atoms with Crippen LogP contribution in [0.2, 0.25) is 25.7 Å². The van der Waals surface area contributed by atoms with Gasteiger partial charge in [-0.2, -0.15) is 0 Å². The molecule has 8 nitrogen and oxygen atoms in total. The van der Waals surface area contributed by atoms with Gasteiger partial charge in [-0.05, 0) is 28.6 Å². The normalized spacial score (nSPS) is 27.4. The van der Waals surface area contributed by atoms with Crippen molar-refractivity contribution in [1.82, 2.24) is 9.13 Å². The number of nitrogens with zero attached hydrogens (tertiary/aromatic N) is 2. The number of halogens is 2. The molecule has 0 radical (unpaired) electrons. The van der Waals surface area contributed by atoms with E-state index in [9.17, 15) is 9.59 Å². The van der Waals surface area contributed by atoms with Crippen molar-refractivity contribution in [2.45, 2.75) is 63.1 Å². The van der Waals surface area contributed by atoms with E-state index >= 15 is 4.39 Å². The minimum Gasteiger partial charge on any atom is -0.371 e. The number of ether oxygens (including phenoxy) is 4. The predicted molar refractivity (Wildman–Crippen MR) is 135 cm³/mol. The summed E-state index contributed by atoms with van der Waals surface area (Å²) in [6.45, 7) is 7.11. The highest BCUT2D eigenvalue weighted by Gasteiger charge is 2.47. The summed E-state index contributed by atoms with van der Waals surface area (Å²) in [5.41, 5.74) is -0.294. The molecule has 1 aromatic heterocycles. The van der Waals surface area contributed by atoms with Gasteiger partial charge < -0.3 is 18.9 Å². The van der Waals surface area contributed by atoms with Gasteiger partial charge in [0, 0.05) is 26.4 Å². The monoisotopic (exact) mass is 604 g/mol. The molecule has 2 fully saturated rings. The van der Waals surface area contributed by atoms with E-state index in [2.05, 4.69) is 19.6 Å². The van der Waals surface area contributed by atoms with Gasteiger partial charge in [-0.1, -0.05) is 50.0 Å². The van der Waals surface area contributed by atoms with Crippen LogP contribution < -0.4 is 11.2 Å². The number of aromatic nitrogens is 2. The Morgan fingerprint density at radius 2 is 1.88 bits per heavy atom. The Hall–Kier alpha value is -1.38. The van der Waals surface area contributed by atoms with Gasteiger partial charge in [0.1, 0.15) is 18.9 Å². The second-order valence-electron chi connectivity index (χ2n) is 9.81. The first kappa shape index (κ1) is 25.7. The van der Waals surface area contributed by atoms with Crippen LogP contribution in [-0.2, 0) is 25.7 Å². The third-order valence-corrected chi connectivity index (χ3v) is 8.47. The van der Waals surface area contributed by atoms with Gasteiger partial charge in [-0.25, -0.2) is 13.8 Å². The number of hydrogen-bond acceptors (Lipinski definition) is 6. The molecule has 0 amide bonds. The molecule has 2 aromatic rings. The smallest absolute Gasteiger partial charge is 0.333 e. The Morgan fingerprint density at radius 1 is 1.15 bits per heavy atom. The largest absolute Gasteiger partial charge is 0.371 e. The molecule has 1 aromatic carbocycles. The van der Waals surface area contributed by atoms with Gasteiger partial charge in [-0.3, -0.25) is 9.36 Å². The second kappa shape index (κ2) is 10.7. The van der Waals surface area contributed by atoms with Crippen molar-refractivity contribution in [3.8, 4) is 0 Å². The molecule has 3 heterocycles. The van der Waals surface area contributed by atoms with Gasteiger partial charge in [0.05, 0.1) is 22.8 Å². The van der Waals surface area contributed by atoms with Crippen molar-refractivity contribution < 1.29 is 23.3 Å². The van der Waals surface area contributed by atoms with Crippen LogP contribution in [0.15, 0.2) is 46.1 Å². The molecular formula is C23H30FIN2O6Si. The van der Waals surface area contributed by atoms with E-state index in [1.165, 1.54) is 10.8 Å². The standard InChI is InChI=1S/C23H30FIN2O6Si/c1-34(2,3)10-9-30-14-27-21(28)16(25)11-26(23(27)29)17-12-31-18-13-32-22(33-20(18)19(17)24)15-7-5-4-6-8-15/h4-8,11,17-20,22H,9-10,12-14H2,1-3H3. The SMILES string of the molecule is C[Si](C)(C)CCOCn1c(=O)c(I)cn(C2COC3COC(c4ccccc4)OC3C2F)c1=O. The minimum atomic E-state index is -1.53. The third kappa shape index (κ3) is 5.70. The van der Waals surface area contributed by atoms with Crippen LogP contribution in [0.25, 0.3) is 0 Å². The third-order valence-electron chi connectivity index (χ3n) is 6.02. The Morgan fingerprint density at radius 3 is 2.59 bits per heavy atom. The van der Waals surface area contributed by atoms with Crippen LogP contribution in [-0.4, -0.2) is 55.4 Å². The molecule has 4 rings (SSSR count). The topological polar surface area (TPSA) is 80.9 Å². The molecule has 0 bridgehead atoms. The minimum absolute atomic E-state index is 0.0320. The first-order chi connectivity index (χ1) is 16.2. The van der Waals surface area contributed by atoms with Crippen LogP contribution in [0.5, 0.6) is 0 Å². The van der Waals surface area contributed by atoms with E-state index in [4.69, 9.17) is 18.9 Å². The first-order valence-corrected chi connectivity index (χ1v) is 16.1. The molecule has 11 heteroatoms. The first-order valence-electron chi connectivity index (χ1n) is 11.3. The molecule has 34 heavy (non-hydrogen) atoms. The molecule has 186 valence electrons. The average Bonchev–Trinajstić information content (AvgIpc) is 2.81. The van der Waals surface area contributed by atoms with Crippen molar-refractivity contribution in [1.29, 1.82) is 0 Å². The Labute approximate surface area is 212 Å². The lowest BCUT2D eigenvalue weighted by atomic mass is 9.98. The summed E-state index contributed by atoms with van der Waals surface area (Å²) >= 11 is 1.86. The molecule has 0 aliphatic carbocycles. The zero-order chi connectivity index (χ0) is 24.5. The lowest BCUT2D eigenvalue weighted by Crippen LogP contribution is -2.57.